The van der Waals surface area contributed by atoms with Crippen molar-refractivity contribution in [2.45, 2.75) is 26.8 Å². The zero-order valence-electron chi connectivity index (χ0n) is 12.3. The summed E-state index contributed by atoms with van der Waals surface area (Å²) >= 11 is 0. The van der Waals surface area contributed by atoms with Gasteiger partial charge in [0.2, 0.25) is 0 Å². The molecule has 2 aromatic rings. The Labute approximate surface area is 123 Å². The molecule has 0 fully saturated rings. The van der Waals surface area contributed by atoms with Crippen LogP contribution in [0.1, 0.15) is 29.7 Å². The maximum atomic E-state index is 11.0. The summed E-state index contributed by atoms with van der Waals surface area (Å²) in [6, 6.07) is 10.2. The molecule has 5 nitrogen and oxygen atoms in total. The molecule has 0 aromatic heterocycles. The van der Waals surface area contributed by atoms with Gasteiger partial charge in [-0.15, -0.1) is 0 Å². The number of anilines is 1. The Hall–Kier alpha value is -2.56. The van der Waals surface area contributed by atoms with Gasteiger partial charge in [0.1, 0.15) is 5.75 Å². The Morgan fingerprint density at radius 1 is 1.24 bits per heavy atom. The summed E-state index contributed by atoms with van der Waals surface area (Å²) in [6.07, 6.45) is 0. The summed E-state index contributed by atoms with van der Waals surface area (Å²) in [5.41, 5.74) is 3.10. The van der Waals surface area contributed by atoms with Gasteiger partial charge in [0.15, 0.2) is 0 Å². The quantitative estimate of drug-likeness (QED) is 0.655. The third-order valence-electron chi connectivity index (χ3n) is 3.53. The fourth-order valence-corrected chi connectivity index (χ4v) is 2.31. The lowest BCUT2D eigenvalue weighted by Crippen LogP contribution is -2.08. The van der Waals surface area contributed by atoms with Crippen LogP contribution in [0.5, 0.6) is 5.75 Å². The highest BCUT2D eigenvalue weighted by atomic mass is 16.6. The SMILES string of the molecule is Cc1ccc(C(C)Nc2cccc([N+](=O)[O-])c2C)c(O)c1. The summed E-state index contributed by atoms with van der Waals surface area (Å²) in [5.74, 6) is 0.220. The smallest absolute Gasteiger partial charge is 0.274 e. The van der Waals surface area contributed by atoms with Crippen LogP contribution in [0.3, 0.4) is 0 Å². The van der Waals surface area contributed by atoms with E-state index < -0.39 is 4.92 Å². The molecule has 2 aromatic carbocycles. The summed E-state index contributed by atoms with van der Waals surface area (Å²) < 4.78 is 0. The molecule has 0 radical (unpaired) electrons. The normalized spacial score (nSPS) is 12.0. The molecule has 2 rings (SSSR count). The second kappa shape index (κ2) is 5.83. The van der Waals surface area contributed by atoms with E-state index in [0.29, 0.717) is 11.3 Å². The van der Waals surface area contributed by atoms with Crippen LogP contribution in [0, 0.1) is 24.0 Å². The average molecular weight is 286 g/mol. The summed E-state index contributed by atoms with van der Waals surface area (Å²) in [5, 5.41) is 24.2. The maximum Gasteiger partial charge on any atom is 0.274 e. The second-order valence-electron chi connectivity index (χ2n) is 5.14. The van der Waals surface area contributed by atoms with E-state index in [0.717, 1.165) is 11.1 Å². The molecule has 5 heteroatoms. The predicted octanol–water partition coefficient (Wildman–Crippen LogP) is 4.09. The highest BCUT2D eigenvalue weighted by Crippen LogP contribution is 2.31. The number of nitro groups is 1. The van der Waals surface area contributed by atoms with Gasteiger partial charge in [-0.2, -0.15) is 0 Å². The van der Waals surface area contributed by atoms with Gasteiger partial charge < -0.3 is 10.4 Å². The number of benzene rings is 2. The molecule has 0 heterocycles. The molecule has 110 valence electrons. The van der Waals surface area contributed by atoms with E-state index in [-0.39, 0.29) is 17.5 Å². The van der Waals surface area contributed by atoms with E-state index in [1.807, 2.05) is 26.0 Å². The molecule has 1 atom stereocenters. The number of phenols is 1. The van der Waals surface area contributed by atoms with Crippen LogP contribution in [0.2, 0.25) is 0 Å². The molecule has 0 bridgehead atoms. The van der Waals surface area contributed by atoms with E-state index in [9.17, 15) is 15.2 Å². The Morgan fingerprint density at radius 3 is 2.57 bits per heavy atom. The molecule has 0 saturated carbocycles. The molecule has 0 saturated heterocycles. The molecule has 21 heavy (non-hydrogen) atoms. The van der Waals surface area contributed by atoms with Crippen molar-refractivity contribution in [3.63, 3.8) is 0 Å². The fraction of sp³-hybridized carbons (Fsp3) is 0.250. The third-order valence-corrected chi connectivity index (χ3v) is 3.53. The zero-order chi connectivity index (χ0) is 15.6. The number of nitrogens with one attached hydrogen (secondary N) is 1. The van der Waals surface area contributed by atoms with Crippen LogP contribution in [-0.4, -0.2) is 10.0 Å². The fourth-order valence-electron chi connectivity index (χ4n) is 2.31. The number of nitrogens with zero attached hydrogens (tertiary/aromatic N) is 1. The molecular formula is C16H18N2O3. The van der Waals surface area contributed by atoms with Crippen LogP contribution >= 0.6 is 0 Å². The number of aromatic hydroxyl groups is 1. The van der Waals surface area contributed by atoms with Crippen LogP contribution in [0.25, 0.3) is 0 Å². The van der Waals surface area contributed by atoms with Crippen molar-refractivity contribution in [3.8, 4) is 5.75 Å². The number of phenolic OH excluding ortho intramolecular Hbond substituents is 1. The summed E-state index contributed by atoms with van der Waals surface area (Å²) in [4.78, 5) is 10.6. The van der Waals surface area contributed by atoms with Crippen molar-refractivity contribution in [1.29, 1.82) is 0 Å². The second-order valence-corrected chi connectivity index (χ2v) is 5.14. The molecule has 2 N–H and O–H groups in total. The molecule has 0 aliphatic rings. The summed E-state index contributed by atoms with van der Waals surface area (Å²) in [6.45, 7) is 5.52. The van der Waals surface area contributed by atoms with Gasteiger partial charge in [-0.1, -0.05) is 18.2 Å². The van der Waals surface area contributed by atoms with Gasteiger partial charge in [-0.05, 0) is 38.5 Å². The van der Waals surface area contributed by atoms with Crippen molar-refractivity contribution < 1.29 is 10.0 Å². The van der Waals surface area contributed by atoms with Crippen molar-refractivity contribution in [1.82, 2.24) is 0 Å². The third kappa shape index (κ3) is 3.13. The highest BCUT2D eigenvalue weighted by Gasteiger charge is 2.16. The van der Waals surface area contributed by atoms with Crippen LogP contribution in [0.15, 0.2) is 36.4 Å². The largest absolute Gasteiger partial charge is 0.508 e. The van der Waals surface area contributed by atoms with Crippen molar-refractivity contribution in [2.24, 2.45) is 0 Å². The number of aryl methyl sites for hydroxylation is 1. The van der Waals surface area contributed by atoms with Crippen LogP contribution < -0.4 is 5.32 Å². The van der Waals surface area contributed by atoms with Gasteiger partial charge in [0.05, 0.1) is 11.0 Å². The van der Waals surface area contributed by atoms with E-state index in [4.69, 9.17) is 0 Å². The first-order valence-corrected chi connectivity index (χ1v) is 6.70. The average Bonchev–Trinajstić information content (AvgIpc) is 2.40. The number of hydrogen-bond donors (Lipinski definition) is 2. The minimum atomic E-state index is -0.394. The first-order valence-electron chi connectivity index (χ1n) is 6.70. The monoisotopic (exact) mass is 286 g/mol. The van der Waals surface area contributed by atoms with Crippen molar-refractivity contribution in [3.05, 3.63) is 63.2 Å². The molecule has 1 unspecified atom stereocenters. The van der Waals surface area contributed by atoms with Crippen molar-refractivity contribution >= 4 is 11.4 Å². The van der Waals surface area contributed by atoms with E-state index in [1.165, 1.54) is 6.07 Å². The molecule has 0 aliphatic heterocycles. The lowest BCUT2D eigenvalue weighted by molar-refractivity contribution is -0.385. The lowest BCUT2D eigenvalue weighted by atomic mass is 10.0. The van der Waals surface area contributed by atoms with E-state index >= 15 is 0 Å². The lowest BCUT2D eigenvalue weighted by Gasteiger charge is -2.18. The number of rotatable bonds is 4. The first-order chi connectivity index (χ1) is 9.90. The number of hydrogen-bond acceptors (Lipinski definition) is 4. The van der Waals surface area contributed by atoms with Crippen LogP contribution in [-0.2, 0) is 0 Å². The zero-order valence-corrected chi connectivity index (χ0v) is 12.3. The van der Waals surface area contributed by atoms with Gasteiger partial charge in [0.25, 0.3) is 5.69 Å². The minimum absolute atomic E-state index is 0.0836. The van der Waals surface area contributed by atoms with Crippen molar-refractivity contribution in [2.75, 3.05) is 5.32 Å². The highest BCUT2D eigenvalue weighted by molar-refractivity contribution is 5.61. The minimum Gasteiger partial charge on any atom is -0.508 e. The van der Waals surface area contributed by atoms with Gasteiger partial charge in [-0.3, -0.25) is 10.1 Å². The molecular weight excluding hydrogens is 268 g/mol. The molecule has 0 aliphatic carbocycles. The van der Waals surface area contributed by atoms with Gasteiger partial charge in [0, 0.05) is 22.9 Å². The molecule has 0 spiro atoms. The Kier molecular flexibility index (Phi) is 4.12. The van der Waals surface area contributed by atoms with E-state index in [2.05, 4.69) is 5.32 Å². The standard InChI is InChI=1S/C16H18N2O3/c1-10-7-8-13(16(19)9-10)12(3)17-14-5-4-6-15(11(14)2)18(20)21/h4-9,12,17,19H,1-3H3. The maximum absolute atomic E-state index is 11.0. The Morgan fingerprint density at radius 2 is 1.95 bits per heavy atom. The summed E-state index contributed by atoms with van der Waals surface area (Å²) in [7, 11) is 0. The Balaban J connectivity index is 2.29. The Bertz CT molecular complexity index is 683. The predicted molar refractivity (Wildman–Crippen MR) is 82.7 cm³/mol. The topological polar surface area (TPSA) is 75.4 Å². The van der Waals surface area contributed by atoms with Crippen LogP contribution in [0.4, 0.5) is 11.4 Å². The molecule has 0 amide bonds. The van der Waals surface area contributed by atoms with Gasteiger partial charge in [-0.25, -0.2) is 0 Å². The first kappa shape index (κ1) is 14.8. The van der Waals surface area contributed by atoms with Gasteiger partial charge >= 0.3 is 0 Å². The number of nitro benzene ring substituents is 1. The van der Waals surface area contributed by atoms with E-state index in [1.54, 1.807) is 25.1 Å².